The second-order valence-corrected chi connectivity index (χ2v) is 7.93. The Labute approximate surface area is 162 Å². The number of sulfonamides is 1. The number of imide groups is 1. The van der Waals surface area contributed by atoms with Crippen LogP contribution < -0.4 is 9.62 Å². The van der Waals surface area contributed by atoms with E-state index in [9.17, 15) is 22.8 Å². The maximum atomic E-state index is 12.7. The molecule has 1 aliphatic rings. The Bertz CT molecular complexity index is 1040. The van der Waals surface area contributed by atoms with Crippen molar-refractivity contribution in [2.24, 2.45) is 0 Å². The van der Waals surface area contributed by atoms with Crippen LogP contribution in [0.25, 0.3) is 0 Å². The number of anilines is 2. The zero-order valence-corrected chi connectivity index (χ0v) is 16.1. The van der Waals surface area contributed by atoms with Gasteiger partial charge in [0.2, 0.25) is 11.8 Å². The van der Waals surface area contributed by atoms with Crippen molar-refractivity contribution >= 4 is 39.2 Å². The van der Waals surface area contributed by atoms with E-state index in [0.717, 1.165) is 4.90 Å². The van der Waals surface area contributed by atoms with Crippen LogP contribution in [0.5, 0.6) is 0 Å². The molecule has 1 saturated heterocycles. The number of nitrogens with one attached hydrogen (secondary N) is 1. The van der Waals surface area contributed by atoms with Crippen molar-refractivity contribution in [1.29, 1.82) is 0 Å². The molecule has 0 atom stereocenters. The largest absolute Gasteiger partial charge is 0.465 e. The fraction of sp³-hybridized carbons (Fsp3) is 0.211. The van der Waals surface area contributed by atoms with E-state index >= 15 is 0 Å². The van der Waals surface area contributed by atoms with Crippen LogP contribution >= 0.6 is 0 Å². The van der Waals surface area contributed by atoms with E-state index in [1.807, 2.05) is 0 Å². The number of nitrogens with zero attached hydrogens (tertiary/aromatic N) is 1. The third-order valence-corrected chi connectivity index (χ3v) is 5.74. The van der Waals surface area contributed by atoms with E-state index in [2.05, 4.69) is 9.46 Å². The predicted octanol–water partition coefficient (Wildman–Crippen LogP) is 2.24. The molecule has 1 heterocycles. The Kier molecular flexibility index (Phi) is 5.19. The number of amides is 2. The van der Waals surface area contributed by atoms with Crippen molar-refractivity contribution in [3.63, 3.8) is 0 Å². The minimum atomic E-state index is -3.94. The molecule has 1 fully saturated rings. The summed E-state index contributed by atoms with van der Waals surface area (Å²) >= 11 is 0. The Morgan fingerprint density at radius 3 is 2.21 bits per heavy atom. The van der Waals surface area contributed by atoms with Crippen molar-refractivity contribution in [3.05, 3.63) is 53.6 Å². The van der Waals surface area contributed by atoms with Crippen LogP contribution in [-0.4, -0.2) is 33.3 Å². The van der Waals surface area contributed by atoms with Crippen LogP contribution in [0.3, 0.4) is 0 Å². The van der Waals surface area contributed by atoms with E-state index in [1.54, 1.807) is 13.0 Å². The summed E-state index contributed by atoms with van der Waals surface area (Å²) in [5.74, 6) is -1.20. The number of ether oxygens (including phenoxy) is 1. The van der Waals surface area contributed by atoms with Crippen LogP contribution in [0.4, 0.5) is 11.4 Å². The summed E-state index contributed by atoms with van der Waals surface area (Å²) in [6.07, 6.45) is 0.298. The molecule has 3 rings (SSSR count). The third kappa shape index (κ3) is 3.74. The molecule has 1 aliphatic heterocycles. The van der Waals surface area contributed by atoms with E-state index < -0.39 is 16.0 Å². The molecule has 146 valence electrons. The van der Waals surface area contributed by atoms with Crippen molar-refractivity contribution in [3.8, 4) is 0 Å². The lowest BCUT2D eigenvalue weighted by molar-refractivity contribution is -0.121. The van der Waals surface area contributed by atoms with Crippen LogP contribution in [0.15, 0.2) is 47.4 Å². The highest BCUT2D eigenvalue weighted by atomic mass is 32.2. The molecule has 0 unspecified atom stereocenters. The minimum absolute atomic E-state index is 0.0433. The summed E-state index contributed by atoms with van der Waals surface area (Å²) in [7, 11) is -2.70. The predicted molar refractivity (Wildman–Crippen MR) is 101 cm³/mol. The molecule has 0 radical (unpaired) electrons. The number of hydrogen-bond acceptors (Lipinski definition) is 6. The molecule has 28 heavy (non-hydrogen) atoms. The molecule has 0 aromatic heterocycles. The fourth-order valence-electron chi connectivity index (χ4n) is 2.82. The van der Waals surface area contributed by atoms with Crippen LogP contribution in [0, 0.1) is 6.92 Å². The lowest BCUT2D eigenvalue weighted by Crippen LogP contribution is -2.28. The smallest absolute Gasteiger partial charge is 0.337 e. The topological polar surface area (TPSA) is 110 Å². The first-order chi connectivity index (χ1) is 13.2. The highest BCUT2D eigenvalue weighted by molar-refractivity contribution is 7.92. The second-order valence-electron chi connectivity index (χ2n) is 6.24. The Morgan fingerprint density at radius 1 is 1.04 bits per heavy atom. The van der Waals surface area contributed by atoms with Crippen LogP contribution in [0.2, 0.25) is 0 Å². The van der Waals surface area contributed by atoms with Crippen molar-refractivity contribution in [1.82, 2.24) is 0 Å². The van der Waals surface area contributed by atoms with Gasteiger partial charge in [-0.3, -0.25) is 19.2 Å². The normalized spacial score (nSPS) is 14.3. The average Bonchev–Trinajstić information content (AvgIpc) is 3.01. The maximum absolute atomic E-state index is 12.7. The van der Waals surface area contributed by atoms with E-state index in [-0.39, 0.29) is 40.8 Å². The van der Waals surface area contributed by atoms with E-state index in [0.29, 0.717) is 11.3 Å². The van der Waals surface area contributed by atoms with Crippen LogP contribution in [0.1, 0.15) is 28.8 Å². The van der Waals surface area contributed by atoms with Crippen molar-refractivity contribution < 1.29 is 27.5 Å². The van der Waals surface area contributed by atoms with Gasteiger partial charge in [-0.25, -0.2) is 13.2 Å². The number of hydrogen-bond donors (Lipinski definition) is 1. The Hall–Kier alpha value is -3.20. The summed E-state index contributed by atoms with van der Waals surface area (Å²) < 4.78 is 32.5. The average molecular weight is 402 g/mol. The van der Waals surface area contributed by atoms with Crippen LogP contribution in [-0.2, 0) is 24.3 Å². The quantitative estimate of drug-likeness (QED) is 0.607. The number of benzene rings is 2. The molecule has 0 bridgehead atoms. The van der Waals surface area contributed by atoms with E-state index in [1.165, 1.54) is 43.5 Å². The molecule has 1 N–H and O–H groups in total. The molecule has 0 saturated carbocycles. The molecule has 9 heteroatoms. The molecule has 2 aromatic carbocycles. The van der Waals surface area contributed by atoms with Gasteiger partial charge >= 0.3 is 5.97 Å². The first-order valence-corrected chi connectivity index (χ1v) is 9.89. The van der Waals surface area contributed by atoms with Gasteiger partial charge in [0.15, 0.2) is 0 Å². The first kappa shape index (κ1) is 19.6. The van der Waals surface area contributed by atoms with Gasteiger partial charge in [-0.05, 0) is 48.9 Å². The number of methoxy groups -OCH3 is 1. The van der Waals surface area contributed by atoms with Crippen molar-refractivity contribution in [2.75, 3.05) is 16.7 Å². The van der Waals surface area contributed by atoms with Crippen molar-refractivity contribution in [2.45, 2.75) is 24.7 Å². The summed E-state index contributed by atoms with van der Waals surface area (Å²) in [6.45, 7) is 1.70. The van der Waals surface area contributed by atoms with Gasteiger partial charge in [-0.1, -0.05) is 6.07 Å². The zero-order chi connectivity index (χ0) is 20.5. The summed E-state index contributed by atoms with van der Waals surface area (Å²) in [4.78, 5) is 36.3. The fourth-order valence-corrected chi connectivity index (χ4v) is 3.94. The monoisotopic (exact) mass is 402 g/mol. The highest BCUT2D eigenvalue weighted by Crippen LogP contribution is 2.26. The number of aryl methyl sites for hydroxylation is 1. The SMILES string of the molecule is COC(=O)c1ccc(C)c(NS(=O)(=O)c2ccc(N3C(=O)CCC3=O)cc2)c1. The summed E-state index contributed by atoms with van der Waals surface area (Å²) in [5, 5.41) is 0. The number of esters is 1. The Balaban J connectivity index is 1.87. The number of rotatable bonds is 5. The lowest BCUT2D eigenvalue weighted by atomic mass is 10.1. The Morgan fingerprint density at radius 2 is 1.64 bits per heavy atom. The summed E-state index contributed by atoms with van der Waals surface area (Å²) in [6, 6.07) is 10.00. The molecule has 2 amide bonds. The molecular weight excluding hydrogens is 384 g/mol. The molecule has 0 spiro atoms. The molecular formula is C19H18N2O6S. The minimum Gasteiger partial charge on any atom is -0.465 e. The van der Waals surface area contributed by atoms with Gasteiger partial charge in [0.05, 0.1) is 28.9 Å². The first-order valence-electron chi connectivity index (χ1n) is 8.40. The molecule has 8 nitrogen and oxygen atoms in total. The lowest BCUT2D eigenvalue weighted by Gasteiger charge is -2.15. The zero-order valence-electron chi connectivity index (χ0n) is 15.3. The van der Waals surface area contributed by atoms with Gasteiger partial charge in [0.25, 0.3) is 10.0 Å². The standard InChI is InChI=1S/C19H18N2O6S/c1-12-3-4-13(19(24)27-2)11-16(12)20-28(25,26)15-7-5-14(6-8-15)21-17(22)9-10-18(21)23/h3-8,11,20H,9-10H2,1-2H3. The van der Waals surface area contributed by atoms with Gasteiger partial charge in [0.1, 0.15) is 0 Å². The maximum Gasteiger partial charge on any atom is 0.337 e. The van der Waals surface area contributed by atoms with E-state index in [4.69, 9.17) is 0 Å². The number of carbonyl (C=O) groups is 3. The number of carbonyl (C=O) groups excluding carboxylic acids is 3. The second kappa shape index (κ2) is 7.43. The van der Waals surface area contributed by atoms with Gasteiger partial charge in [-0.2, -0.15) is 0 Å². The summed E-state index contributed by atoms with van der Waals surface area (Å²) in [5.41, 5.74) is 1.42. The van der Waals surface area contributed by atoms with Gasteiger partial charge < -0.3 is 4.74 Å². The van der Waals surface area contributed by atoms with Gasteiger partial charge in [0, 0.05) is 12.8 Å². The van der Waals surface area contributed by atoms with Gasteiger partial charge in [-0.15, -0.1) is 0 Å². The molecule has 0 aliphatic carbocycles. The molecule has 2 aromatic rings. The highest BCUT2D eigenvalue weighted by Gasteiger charge is 2.30. The third-order valence-electron chi connectivity index (χ3n) is 4.36.